The van der Waals surface area contributed by atoms with Crippen molar-refractivity contribution in [3.63, 3.8) is 0 Å². The van der Waals surface area contributed by atoms with Crippen LogP contribution in [-0.2, 0) is 21.3 Å². The molecule has 0 aliphatic carbocycles. The van der Waals surface area contributed by atoms with Crippen LogP contribution in [-0.4, -0.2) is 34.6 Å². The fraction of sp³-hybridized carbons (Fsp3) is 0.312. The summed E-state index contributed by atoms with van der Waals surface area (Å²) in [6.07, 6.45) is 2.16. The molecule has 2 N–H and O–H groups in total. The van der Waals surface area contributed by atoms with Gasteiger partial charge in [0.2, 0.25) is 10.0 Å². The number of benzene rings is 1. The van der Waals surface area contributed by atoms with E-state index in [0.29, 0.717) is 25.3 Å². The van der Waals surface area contributed by atoms with Gasteiger partial charge in [0.1, 0.15) is 5.76 Å². The van der Waals surface area contributed by atoms with Crippen molar-refractivity contribution in [1.29, 1.82) is 0 Å². The van der Waals surface area contributed by atoms with Gasteiger partial charge in [0.05, 0.1) is 17.7 Å². The molecule has 0 atom stereocenters. The predicted molar refractivity (Wildman–Crippen MR) is 88.0 cm³/mol. The molecule has 0 aliphatic rings. The van der Waals surface area contributed by atoms with E-state index in [1.807, 2.05) is 0 Å². The van der Waals surface area contributed by atoms with E-state index in [4.69, 9.17) is 9.15 Å². The molecule has 0 aliphatic heterocycles. The van der Waals surface area contributed by atoms with Crippen LogP contribution in [0.1, 0.15) is 22.5 Å². The van der Waals surface area contributed by atoms with Crippen LogP contribution in [0.15, 0.2) is 52.0 Å². The van der Waals surface area contributed by atoms with Crippen LogP contribution >= 0.6 is 0 Å². The number of sulfonamides is 1. The van der Waals surface area contributed by atoms with Crippen molar-refractivity contribution in [2.45, 2.75) is 17.9 Å². The lowest BCUT2D eigenvalue weighted by atomic mass is 10.2. The summed E-state index contributed by atoms with van der Waals surface area (Å²) in [5.41, 5.74) is 0.285. The third-order valence-electron chi connectivity index (χ3n) is 3.23. The smallest absolute Gasteiger partial charge is 0.251 e. The standard InChI is InChI=1S/C16H20N2O5S/c1-22-9-4-8-17-16(19)13-5-2-7-15(11-13)24(20,21)18-12-14-6-3-10-23-14/h2-3,5-7,10-11,18H,4,8-9,12H2,1H3,(H,17,19). The van der Waals surface area contributed by atoms with Gasteiger partial charge in [-0.05, 0) is 36.8 Å². The Hall–Kier alpha value is -2.16. The highest BCUT2D eigenvalue weighted by molar-refractivity contribution is 7.89. The number of carbonyl (C=O) groups excluding carboxylic acids is 1. The quantitative estimate of drug-likeness (QED) is 0.667. The van der Waals surface area contributed by atoms with Crippen LogP contribution in [0.3, 0.4) is 0 Å². The van der Waals surface area contributed by atoms with Crippen LogP contribution in [0.2, 0.25) is 0 Å². The minimum absolute atomic E-state index is 0.0265. The normalized spacial score (nSPS) is 11.4. The van der Waals surface area contributed by atoms with E-state index in [-0.39, 0.29) is 22.9 Å². The molecular formula is C16H20N2O5S. The molecule has 7 nitrogen and oxygen atoms in total. The van der Waals surface area contributed by atoms with Crippen molar-refractivity contribution in [3.8, 4) is 0 Å². The number of methoxy groups -OCH3 is 1. The number of hydrogen-bond acceptors (Lipinski definition) is 5. The van der Waals surface area contributed by atoms with Gasteiger partial charge >= 0.3 is 0 Å². The van der Waals surface area contributed by atoms with Crippen molar-refractivity contribution >= 4 is 15.9 Å². The maximum atomic E-state index is 12.3. The first-order valence-corrected chi connectivity index (χ1v) is 8.90. The average molecular weight is 352 g/mol. The Morgan fingerprint density at radius 1 is 1.25 bits per heavy atom. The summed E-state index contributed by atoms with van der Waals surface area (Å²) >= 11 is 0. The van der Waals surface area contributed by atoms with Crippen molar-refractivity contribution in [3.05, 3.63) is 54.0 Å². The Morgan fingerprint density at radius 3 is 2.79 bits per heavy atom. The largest absolute Gasteiger partial charge is 0.468 e. The van der Waals surface area contributed by atoms with Crippen LogP contribution in [0.25, 0.3) is 0 Å². The summed E-state index contributed by atoms with van der Waals surface area (Å²) in [6, 6.07) is 9.23. The van der Waals surface area contributed by atoms with Gasteiger partial charge in [-0.3, -0.25) is 4.79 Å². The second-order valence-electron chi connectivity index (χ2n) is 5.03. The zero-order valence-electron chi connectivity index (χ0n) is 13.3. The molecule has 0 spiro atoms. The van der Waals surface area contributed by atoms with E-state index in [0.717, 1.165) is 0 Å². The van der Waals surface area contributed by atoms with Crippen LogP contribution < -0.4 is 10.0 Å². The van der Waals surface area contributed by atoms with Crippen molar-refractivity contribution < 1.29 is 22.4 Å². The second kappa shape index (κ2) is 8.62. The number of nitrogens with one attached hydrogen (secondary N) is 2. The number of ether oxygens (including phenoxy) is 1. The van der Waals surface area contributed by atoms with E-state index < -0.39 is 10.0 Å². The van der Waals surface area contributed by atoms with Gasteiger partial charge in [-0.2, -0.15) is 0 Å². The SMILES string of the molecule is COCCCNC(=O)c1cccc(S(=O)(=O)NCc2ccco2)c1. The Balaban J connectivity index is 2.01. The Morgan fingerprint density at radius 2 is 2.08 bits per heavy atom. The zero-order valence-corrected chi connectivity index (χ0v) is 14.1. The van der Waals surface area contributed by atoms with E-state index in [9.17, 15) is 13.2 Å². The number of carbonyl (C=O) groups is 1. The molecule has 1 aromatic carbocycles. The van der Waals surface area contributed by atoms with E-state index in [1.165, 1.54) is 24.5 Å². The molecule has 130 valence electrons. The molecular weight excluding hydrogens is 332 g/mol. The molecule has 1 heterocycles. The lowest BCUT2D eigenvalue weighted by molar-refractivity contribution is 0.0948. The summed E-state index contributed by atoms with van der Waals surface area (Å²) in [6.45, 7) is 1.05. The first-order valence-electron chi connectivity index (χ1n) is 7.42. The van der Waals surface area contributed by atoms with Gasteiger partial charge in [-0.1, -0.05) is 6.07 Å². The minimum atomic E-state index is -3.73. The van der Waals surface area contributed by atoms with Gasteiger partial charge in [0.15, 0.2) is 0 Å². The van der Waals surface area contributed by atoms with Crippen molar-refractivity contribution in [2.24, 2.45) is 0 Å². The average Bonchev–Trinajstić information content (AvgIpc) is 3.10. The summed E-state index contributed by atoms with van der Waals surface area (Å²) in [4.78, 5) is 12.1. The molecule has 2 aromatic rings. The number of hydrogen-bond donors (Lipinski definition) is 2. The highest BCUT2D eigenvalue weighted by Crippen LogP contribution is 2.12. The van der Waals surface area contributed by atoms with Gasteiger partial charge in [-0.15, -0.1) is 0 Å². The number of amides is 1. The molecule has 0 bridgehead atoms. The Bertz CT molecular complexity index is 757. The molecule has 1 amide bonds. The third kappa shape index (κ3) is 5.19. The molecule has 8 heteroatoms. The lowest BCUT2D eigenvalue weighted by Gasteiger charge is -2.08. The molecule has 0 unspecified atom stereocenters. The highest BCUT2D eigenvalue weighted by atomic mass is 32.2. The summed E-state index contributed by atoms with van der Waals surface area (Å²) < 4.78 is 37.0. The molecule has 0 fully saturated rings. The Kier molecular flexibility index (Phi) is 6.53. The van der Waals surface area contributed by atoms with Gasteiger partial charge in [0, 0.05) is 25.8 Å². The molecule has 0 saturated heterocycles. The fourth-order valence-electron chi connectivity index (χ4n) is 1.99. The molecule has 2 rings (SSSR count). The van der Waals surface area contributed by atoms with E-state index in [2.05, 4.69) is 10.0 Å². The maximum absolute atomic E-state index is 12.3. The highest BCUT2D eigenvalue weighted by Gasteiger charge is 2.16. The van der Waals surface area contributed by atoms with Gasteiger partial charge in [0.25, 0.3) is 5.91 Å². The first kappa shape index (κ1) is 18.2. The van der Waals surface area contributed by atoms with Crippen LogP contribution in [0.4, 0.5) is 0 Å². The zero-order chi connectivity index (χ0) is 17.4. The predicted octanol–water partition coefficient (Wildman–Crippen LogP) is 1.52. The summed E-state index contributed by atoms with van der Waals surface area (Å²) in [5.74, 6) is 0.180. The monoisotopic (exact) mass is 352 g/mol. The van der Waals surface area contributed by atoms with E-state index in [1.54, 1.807) is 25.3 Å². The van der Waals surface area contributed by atoms with E-state index >= 15 is 0 Å². The van der Waals surface area contributed by atoms with Crippen molar-refractivity contribution in [2.75, 3.05) is 20.3 Å². The summed E-state index contributed by atoms with van der Waals surface area (Å²) in [5, 5.41) is 2.72. The lowest BCUT2D eigenvalue weighted by Crippen LogP contribution is -2.26. The first-order chi connectivity index (χ1) is 11.5. The molecule has 0 radical (unpaired) electrons. The van der Waals surface area contributed by atoms with Gasteiger partial charge in [-0.25, -0.2) is 13.1 Å². The molecule has 24 heavy (non-hydrogen) atoms. The molecule has 1 aromatic heterocycles. The third-order valence-corrected chi connectivity index (χ3v) is 4.63. The minimum Gasteiger partial charge on any atom is -0.468 e. The second-order valence-corrected chi connectivity index (χ2v) is 6.80. The fourth-order valence-corrected chi connectivity index (χ4v) is 3.03. The van der Waals surface area contributed by atoms with Crippen LogP contribution in [0.5, 0.6) is 0 Å². The Labute approximate surface area is 141 Å². The molecule has 0 saturated carbocycles. The number of furan rings is 1. The van der Waals surface area contributed by atoms with Gasteiger partial charge < -0.3 is 14.5 Å². The van der Waals surface area contributed by atoms with Crippen LogP contribution in [0, 0.1) is 0 Å². The van der Waals surface area contributed by atoms with Crippen molar-refractivity contribution in [1.82, 2.24) is 10.0 Å². The number of rotatable bonds is 9. The topological polar surface area (TPSA) is 97.6 Å². The summed E-state index contributed by atoms with van der Waals surface area (Å²) in [7, 11) is -2.14. The maximum Gasteiger partial charge on any atom is 0.251 e.